The fraction of sp³-hybridized carbons (Fsp3) is 0.0833. The molecule has 0 saturated heterocycles. The molecule has 106 valence electrons. The van der Waals surface area contributed by atoms with E-state index in [1.165, 1.54) is 12.3 Å². The first-order valence-electron chi connectivity index (χ1n) is 5.64. The van der Waals surface area contributed by atoms with Gasteiger partial charge in [0.15, 0.2) is 5.82 Å². The Bertz CT molecular complexity index is 734. The van der Waals surface area contributed by atoms with Crippen molar-refractivity contribution in [1.82, 2.24) is 4.98 Å². The Morgan fingerprint density at radius 3 is 2.65 bits per heavy atom. The predicted molar refractivity (Wildman–Crippen MR) is 79.0 cm³/mol. The predicted octanol–water partition coefficient (Wildman–Crippen LogP) is 2.13. The van der Waals surface area contributed by atoms with E-state index in [0.29, 0.717) is 5.69 Å². The van der Waals surface area contributed by atoms with Gasteiger partial charge < -0.3 is 5.43 Å². The highest BCUT2D eigenvalue weighted by Crippen LogP contribution is 2.23. The second kappa shape index (κ2) is 5.66. The van der Waals surface area contributed by atoms with E-state index in [0.717, 1.165) is 5.56 Å². The molecule has 1 heterocycles. The number of nitrogen functional groups attached to an aromatic ring is 1. The summed E-state index contributed by atoms with van der Waals surface area (Å²) >= 11 is 5.87. The molecule has 8 heteroatoms. The normalized spacial score (nSPS) is 11.2. The number of nitrogens with zero attached hydrogens (tertiary/aromatic N) is 1. The lowest BCUT2D eigenvalue weighted by Gasteiger charge is -2.09. The third kappa shape index (κ3) is 3.19. The van der Waals surface area contributed by atoms with Crippen molar-refractivity contribution in [3.05, 3.63) is 47.1 Å². The molecule has 2 rings (SSSR count). The van der Waals surface area contributed by atoms with Gasteiger partial charge in [0.2, 0.25) is 0 Å². The number of aryl methyl sites for hydroxylation is 1. The van der Waals surface area contributed by atoms with Gasteiger partial charge >= 0.3 is 0 Å². The SMILES string of the molecule is Cc1cccc(NS(=O)(=O)c2cnc(NN)c(Cl)c2)c1. The van der Waals surface area contributed by atoms with Crippen LogP contribution in [-0.2, 0) is 10.0 Å². The van der Waals surface area contributed by atoms with Crippen LogP contribution in [0.3, 0.4) is 0 Å². The molecular weight excluding hydrogens is 300 g/mol. The van der Waals surface area contributed by atoms with E-state index in [4.69, 9.17) is 17.4 Å². The number of hydrogen-bond donors (Lipinski definition) is 3. The summed E-state index contributed by atoms with van der Waals surface area (Å²) in [6.07, 6.45) is 1.18. The molecule has 4 N–H and O–H groups in total. The molecule has 0 radical (unpaired) electrons. The van der Waals surface area contributed by atoms with Crippen LogP contribution in [0.2, 0.25) is 5.02 Å². The smallest absolute Gasteiger partial charge is 0.263 e. The van der Waals surface area contributed by atoms with Gasteiger partial charge in [-0.1, -0.05) is 23.7 Å². The van der Waals surface area contributed by atoms with Crippen molar-refractivity contribution >= 4 is 33.1 Å². The molecule has 6 nitrogen and oxygen atoms in total. The lowest BCUT2D eigenvalue weighted by Crippen LogP contribution is -2.15. The first kappa shape index (κ1) is 14.6. The summed E-state index contributed by atoms with van der Waals surface area (Å²) in [5, 5.41) is 0.125. The topological polar surface area (TPSA) is 97.1 Å². The van der Waals surface area contributed by atoms with Gasteiger partial charge in [-0.05, 0) is 30.7 Å². The summed E-state index contributed by atoms with van der Waals surface area (Å²) in [6.45, 7) is 1.87. The number of nitrogens with one attached hydrogen (secondary N) is 2. The molecule has 1 aromatic carbocycles. The molecule has 0 aliphatic rings. The highest BCUT2D eigenvalue weighted by Gasteiger charge is 2.16. The van der Waals surface area contributed by atoms with E-state index in [-0.39, 0.29) is 15.7 Å². The molecule has 0 aliphatic carbocycles. The Morgan fingerprint density at radius 2 is 2.05 bits per heavy atom. The minimum absolute atomic E-state index is 0.0389. The lowest BCUT2D eigenvalue weighted by atomic mass is 10.2. The van der Waals surface area contributed by atoms with Gasteiger partial charge in [0, 0.05) is 11.9 Å². The van der Waals surface area contributed by atoms with Crippen LogP contribution in [0, 0.1) is 6.92 Å². The van der Waals surface area contributed by atoms with Crippen molar-refractivity contribution in [3.63, 3.8) is 0 Å². The molecule has 0 unspecified atom stereocenters. The van der Waals surface area contributed by atoms with Gasteiger partial charge in [0.1, 0.15) is 4.90 Å². The number of halogens is 1. The average molecular weight is 313 g/mol. The number of hydrazine groups is 1. The molecule has 0 fully saturated rings. The Morgan fingerprint density at radius 1 is 1.30 bits per heavy atom. The fourth-order valence-electron chi connectivity index (χ4n) is 1.60. The van der Waals surface area contributed by atoms with Crippen LogP contribution in [-0.4, -0.2) is 13.4 Å². The van der Waals surface area contributed by atoms with Crippen molar-refractivity contribution in [2.75, 3.05) is 10.1 Å². The van der Waals surface area contributed by atoms with E-state index < -0.39 is 10.0 Å². The van der Waals surface area contributed by atoms with Crippen LogP contribution in [0.5, 0.6) is 0 Å². The van der Waals surface area contributed by atoms with Gasteiger partial charge in [-0.3, -0.25) is 4.72 Å². The van der Waals surface area contributed by atoms with Gasteiger partial charge in [-0.2, -0.15) is 0 Å². The summed E-state index contributed by atoms with van der Waals surface area (Å²) in [7, 11) is -3.74. The van der Waals surface area contributed by atoms with E-state index in [2.05, 4.69) is 15.1 Å². The van der Waals surface area contributed by atoms with Crippen molar-refractivity contribution in [1.29, 1.82) is 0 Å². The largest absolute Gasteiger partial charge is 0.307 e. The molecule has 0 aliphatic heterocycles. The zero-order valence-corrected chi connectivity index (χ0v) is 12.2. The Balaban J connectivity index is 2.33. The molecule has 2 aromatic rings. The molecule has 0 saturated carbocycles. The van der Waals surface area contributed by atoms with Crippen LogP contribution < -0.4 is 16.0 Å². The summed E-state index contributed by atoms with van der Waals surface area (Å²) < 4.78 is 26.9. The minimum atomic E-state index is -3.74. The third-order valence-electron chi connectivity index (χ3n) is 2.53. The van der Waals surface area contributed by atoms with Crippen molar-refractivity contribution in [3.8, 4) is 0 Å². The van der Waals surface area contributed by atoms with E-state index in [1.54, 1.807) is 18.2 Å². The van der Waals surface area contributed by atoms with Crippen LogP contribution >= 0.6 is 11.6 Å². The number of aromatic nitrogens is 1. The highest BCUT2D eigenvalue weighted by atomic mass is 35.5. The summed E-state index contributed by atoms with van der Waals surface area (Å²) in [4.78, 5) is 3.80. The Kier molecular flexibility index (Phi) is 4.12. The second-order valence-electron chi connectivity index (χ2n) is 4.12. The first-order valence-corrected chi connectivity index (χ1v) is 7.50. The number of anilines is 2. The molecule has 0 atom stereocenters. The van der Waals surface area contributed by atoms with Gasteiger partial charge in [0.05, 0.1) is 5.02 Å². The monoisotopic (exact) mass is 312 g/mol. The minimum Gasteiger partial charge on any atom is -0.307 e. The van der Waals surface area contributed by atoms with Crippen molar-refractivity contribution in [2.45, 2.75) is 11.8 Å². The summed E-state index contributed by atoms with van der Waals surface area (Å²) in [5.41, 5.74) is 3.70. The average Bonchev–Trinajstić information content (AvgIpc) is 2.38. The second-order valence-corrected chi connectivity index (χ2v) is 6.21. The van der Waals surface area contributed by atoms with E-state index >= 15 is 0 Å². The summed E-state index contributed by atoms with van der Waals surface area (Å²) in [5.74, 6) is 5.40. The molecule has 20 heavy (non-hydrogen) atoms. The van der Waals surface area contributed by atoms with Crippen molar-refractivity contribution < 1.29 is 8.42 Å². The van der Waals surface area contributed by atoms with Crippen LogP contribution in [0.1, 0.15) is 5.56 Å². The maximum absolute atomic E-state index is 12.2. The standard InChI is InChI=1S/C12H13ClN4O2S/c1-8-3-2-4-9(5-8)17-20(18,19)10-6-11(13)12(16-14)15-7-10/h2-7,17H,14H2,1H3,(H,15,16). The van der Waals surface area contributed by atoms with Gasteiger partial charge in [-0.15, -0.1) is 0 Å². The number of benzene rings is 1. The molecule has 0 spiro atoms. The number of hydrogen-bond acceptors (Lipinski definition) is 5. The number of pyridine rings is 1. The summed E-state index contributed by atoms with van der Waals surface area (Å²) in [6, 6.07) is 8.30. The van der Waals surface area contributed by atoms with Gasteiger partial charge in [-0.25, -0.2) is 19.2 Å². The van der Waals surface area contributed by atoms with Crippen molar-refractivity contribution in [2.24, 2.45) is 5.84 Å². The fourth-order valence-corrected chi connectivity index (χ4v) is 2.90. The number of nitrogens with two attached hydrogens (primary N) is 1. The highest BCUT2D eigenvalue weighted by molar-refractivity contribution is 7.92. The maximum Gasteiger partial charge on any atom is 0.263 e. The molecule has 0 bridgehead atoms. The zero-order chi connectivity index (χ0) is 14.8. The lowest BCUT2D eigenvalue weighted by molar-refractivity contribution is 0.601. The quantitative estimate of drug-likeness (QED) is 0.593. The zero-order valence-electron chi connectivity index (χ0n) is 10.6. The third-order valence-corrected chi connectivity index (χ3v) is 4.17. The van der Waals surface area contributed by atoms with Crippen LogP contribution in [0.25, 0.3) is 0 Å². The number of sulfonamides is 1. The Labute approximate surface area is 122 Å². The number of rotatable bonds is 4. The van der Waals surface area contributed by atoms with E-state index in [9.17, 15) is 8.42 Å². The van der Waals surface area contributed by atoms with E-state index in [1.807, 2.05) is 13.0 Å². The molecule has 1 aromatic heterocycles. The molecular formula is C12H13ClN4O2S. The molecule has 0 amide bonds. The Hall–Kier alpha value is -1.83. The van der Waals surface area contributed by atoms with Crippen LogP contribution in [0.4, 0.5) is 11.5 Å². The van der Waals surface area contributed by atoms with Gasteiger partial charge in [0.25, 0.3) is 10.0 Å². The first-order chi connectivity index (χ1) is 9.42. The maximum atomic E-state index is 12.2. The van der Waals surface area contributed by atoms with Crippen LogP contribution in [0.15, 0.2) is 41.4 Å².